The largest absolute Gasteiger partial charge is 0.293 e. The Morgan fingerprint density at radius 3 is 2.55 bits per heavy atom. The summed E-state index contributed by atoms with van der Waals surface area (Å²) in [6, 6.07) is 0. The van der Waals surface area contributed by atoms with Gasteiger partial charge in [-0.3, -0.25) is 4.79 Å². The Morgan fingerprint density at radius 2 is 2.18 bits per heavy atom. The van der Waals surface area contributed by atoms with E-state index in [1.807, 2.05) is 20.8 Å². The Balaban J connectivity index is 2.88. The molecule has 3 nitrogen and oxygen atoms in total. The van der Waals surface area contributed by atoms with Crippen molar-refractivity contribution >= 4 is 17.3 Å². The standard InChI is InChI=1S/C7H10N2OS/c1-7(2,3)6(10)5-4-8-9-11-5/h4H,1-3H3. The number of carbonyl (C=O) groups is 1. The summed E-state index contributed by atoms with van der Waals surface area (Å²) in [4.78, 5) is 12.1. The lowest BCUT2D eigenvalue weighted by molar-refractivity contribution is 0.0862. The van der Waals surface area contributed by atoms with Crippen molar-refractivity contribution in [2.24, 2.45) is 5.41 Å². The third-order valence-corrected chi connectivity index (χ3v) is 1.93. The molecule has 0 aliphatic heterocycles. The van der Waals surface area contributed by atoms with Gasteiger partial charge in [0.2, 0.25) is 0 Å². The van der Waals surface area contributed by atoms with Crippen molar-refractivity contribution in [2.75, 3.05) is 0 Å². The number of aromatic nitrogens is 2. The number of carbonyl (C=O) groups excluding carboxylic acids is 1. The van der Waals surface area contributed by atoms with E-state index in [1.165, 1.54) is 6.20 Å². The molecule has 0 fully saturated rings. The molecule has 0 bridgehead atoms. The van der Waals surface area contributed by atoms with Gasteiger partial charge in [-0.05, 0) is 11.5 Å². The molecule has 60 valence electrons. The molecule has 1 heterocycles. The molecule has 11 heavy (non-hydrogen) atoms. The highest BCUT2D eigenvalue weighted by molar-refractivity contribution is 7.07. The Labute approximate surface area is 69.6 Å². The van der Waals surface area contributed by atoms with Crippen LogP contribution in [0.2, 0.25) is 0 Å². The van der Waals surface area contributed by atoms with E-state index < -0.39 is 0 Å². The van der Waals surface area contributed by atoms with E-state index >= 15 is 0 Å². The maximum Gasteiger partial charge on any atom is 0.181 e. The average molecular weight is 170 g/mol. The van der Waals surface area contributed by atoms with Gasteiger partial charge in [-0.15, -0.1) is 5.10 Å². The number of rotatable bonds is 1. The summed E-state index contributed by atoms with van der Waals surface area (Å²) in [5.74, 6) is 0.104. The molecule has 0 aliphatic carbocycles. The summed E-state index contributed by atoms with van der Waals surface area (Å²) in [6.45, 7) is 5.65. The minimum atomic E-state index is -0.325. The van der Waals surface area contributed by atoms with Crippen LogP contribution in [0.5, 0.6) is 0 Å². The topological polar surface area (TPSA) is 42.9 Å². The summed E-state index contributed by atoms with van der Waals surface area (Å²) in [5.41, 5.74) is -0.325. The predicted octanol–water partition coefficient (Wildman–Crippen LogP) is 1.77. The van der Waals surface area contributed by atoms with Crippen molar-refractivity contribution in [2.45, 2.75) is 20.8 Å². The van der Waals surface area contributed by atoms with Crippen LogP contribution in [-0.2, 0) is 0 Å². The first-order chi connectivity index (χ1) is 5.02. The molecule has 1 aromatic heterocycles. The minimum Gasteiger partial charge on any atom is -0.293 e. The quantitative estimate of drug-likeness (QED) is 0.603. The molecule has 0 saturated heterocycles. The van der Waals surface area contributed by atoms with E-state index in [2.05, 4.69) is 9.59 Å². The van der Waals surface area contributed by atoms with Gasteiger partial charge in [-0.25, -0.2) is 0 Å². The van der Waals surface area contributed by atoms with Crippen molar-refractivity contribution in [1.29, 1.82) is 0 Å². The van der Waals surface area contributed by atoms with Gasteiger partial charge in [0.15, 0.2) is 5.78 Å². The smallest absolute Gasteiger partial charge is 0.181 e. The second-order valence-corrected chi connectivity index (χ2v) is 4.15. The van der Waals surface area contributed by atoms with E-state index in [4.69, 9.17) is 0 Å². The maximum absolute atomic E-state index is 11.5. The van der Waals surface area contributed by atoms with E-state index in [-0.39, 0.29) is 11.2 Å². The molecule has 0 radical (unpaired) electrons. The zero-order valence-electron chi connectivity index (χ0n) is 6.79. The number of ketones is 1. The SMILES string of the molecule is CC(C)(C)C(=O)c1cnns1. The molecule has 4 heteroatoms. The lowest BCUT2D eigenvalue weighted by Gasteiger charge is -2.13. The van der Waals surface area contributed by atoms with Crippen LogP contribution in [0, 0.1) is 5.41 Å². The lowest BCUT2D eigenvalue weighted by Crippen LogP contribution is -2.18. The van der Waals surface area contributed by atoms with Gasteiger partial charge >= 0.3 is 0 Å². The van der Waals surface area contributed by atoms with Gasteiger partial charge in [0.05, 0.1) is 6.20 Å². The van der Waals surface area contributed by atoms with Crippen LogP contribution in [0.1, 0.15) is 30.4 Å². The molecular formula is C7H10N2OS. The van der Waals surface area contributed by atoms with Crippen LogP contribution < -0.4 is 0 Å². The van der Waals surface area contributed by atoms with Crippen LogP contribution in [0.4, 0.5) is 0 Å². The minimum absolute atomic E-state index is 0.104. The lowest BCUT2D eigenvalue weighted by atomic mass is 9.90. The third-order valence-electron chi connectivity index (χ3n) is 1.27. The first-order valence-corrected chi connectivity index (χ1v) is 4.11. The van der Waals surface area contributed by atoms with Crippen molar-refractivity contribution in [3.05, 3.63) is 11.1 Å². The average Bonchev–Trinajstić information content (AvgIpc) is 2.34. The van der Waals surface area contributed by atoms with Crippen LogP contribution in [0.3, 0.4) is 0 Å². The van der Waals surface area contributed by atoms with E-state index in [0.717, 1.165) is 11.5 Å². The van der Waals surface area contributed by atoms with Crippen molar-refractivity contribution in [3.8, 4) is 0 Å². The Kier molecular flexibility index (Phi) is 2.04. The third kappa shape index (κ3) is 1.83. The van der Waals surface area contributed by atoms with Crippen LogP contribution in [0.15, 0.2) is 6.20 Å². The van der Waals surface area contributed by atoms with Crippen molar-refractivity contribution in [3.63, 3.8) is 0 Å². The highest BCUT2D eigenvalue weighted by Crippen LogP contribution is 2.21. The van der Waals surface area contributed by atoms with Gasteiger partial charge in [-0.2, -0.15) is 0 Å². The molecule has 1 aromatic rings. The first-order valence-electron chi connectivity index (χ1n) is 3.34. The summed E-state index contributed by atoms with van der Waals surface area (Å²) >= 11 is 1.15. The van der Waals surface area contributed by atoms with Gasteiger partial charge in [0.25, 0.3) is 0 Å². The van der Waals surface area contributed by atoms with Crippen molar-refractivity contribution < 1.29 is 4.79 Å². The summed E-state index contributed by atoms with van der Waals surface area (Å²) < 4.78 is 3.63. The van der Waals surface area contributed by atoms with Crippen LogP contribution >= 0.6 is 11.5 Å². The highest BCUT2D eigenvalue weighted by atomic mass is 32.1. The second-order valence-electron chi connectivity index (χ2n) is 3.36. The first kappa shape index (κ1) is 8.33. The van der Waals surface area contributed by atoms with E-state index in [9.17, 15) is 4.79 Å². The van der Waals surface area contributed by atoms with Gasteiger partial charge in [0, 0.05) is 5.41 Å². The van der Waals surface area contributed by atoms with E-state index in [1.54, 1.807) is 0 Å². The Bertz CT molecular complexity index is 248. The zero-order valence-corrected chi connectivity index (χ0v) is 7.60. The molecule has 0 amide bonds. The Hall–Kier alpha value is -0.770. The zero-order chi connectivity index (χ0) is 8.48. The molecule has 0 atom stereocenters. The normalized spacial score (nSPS) is 11.5. The van der Waals surface area contributed by atoms with E-state index in [0.29, 0.717) is 4.88 Å². The van der Waals surface area contributed by atoms with Crippen LogP contribution in [-0.4, -0.2) is 15.4 Å². The fourth-order valence-electron chi connectivity index (χ4n) is 0.637. The van der Waals surface area contributed by atoms with Gasteiger partial charge < -0.3 is 0 Å². The molecule has 1 rings (SSSR count). The second kappa shape index (κ2) is 2.70. The summed E-state index contributed by atoms with van der Waals surface area (Å²) in [6.07, 6.45) is 1.51. The molecule has 0 N–H and O–H groups in total. The molecule has 0 spiro atoms. The fraction of sp³-hybridized carbons (Fsp3) is 0.571. The fourth-order valence-corrected chi connectivity index (χ4v) is 1.30. The Morgan fingerprint density at radius 1 is 1.55 bits per heavy atom. The molecular weight excluding hydrogens is 160 g/mol. The number of hydrogen-bond acceptors (Lipinski definition) is 4. The number of Topliss-reactive ketones (excluding diaryl/α,β-unsaturated/α-hetero) is 1. The molecule has 0 aliphatic rings. The summed E-state index contributed by atoms with van der Waals surface area (Å²) in [7, 11) is 0. The summed E-state index contributed by atoms with van der Waals surface area (Å²) in [5, 5.41) is 3.60. The van der Waals surface area contributed by atoms with Gasteiger partial charge in [-0.1, -0.05) is 25.3 Å². The molecule has 0 saturated carbocycles. The predicted molar refractivity (Wildman–Crippen MR) is 43.7 cm³/mol. The number of hydrogen-bond donors (Lipinski definition) is 0. The van der Waals surface area contributed by atoms with Crippen molar-refractivity contribution in [1.82, 2.24) is 9.59 Å². The number of nitrogens with zero attached hydrogens (tertiary/aromatic N) is 2. The highest BCUT2D eigenvalue weighted by Gasteiger charge is 2.24. The molecule has 0 aromatic carbocycles. The molecule has 0 unspecified atom stereocenters. The monoisotopic (exact) mass is 170 g/mol. The van der Waals surface area contributed by atoms with Crippen LogP contribution in [0.25, 0.3) is 0 Å². The maximum atomic E-state index is 11.5. The van der Waals surface area contributed by atoms with Gasteiger partial charge in [0.1, 0.15) is 4.88 Å².